The lowest BCUT2D eigenvalue weighted by Gasteiger charge is -2.32. The molecule has 4 aromatic carbocycles. The van der Waals surface area contributed by atoms with Gasteiger partial charge in [-0.05, 0) is 48.6 Å². The summed E-state index contributed by atoms with van der Waals surface area (Å²) in [4.78, 5) is 29.1. The predicted octanol–water partition coefficient (Wildman–Crippen LogP) is 6.21. The van der Waals surface area contributed by atoms with E-state index in [9.17, 15) is 18.0 Å². The molecule has 0 spiro atoms. The SMILES string of the molecule is CCNC(=O)[C@@H](Cc1ccccc1)N(Cc1c(Cl)cccc1Cl)C(=O)CCCN1c2cccc3cccc(c23)S1(=O)=O. The molecule has 0 aromatic heterocycles. The van der Waals surface area contributed by atoms with E-state index in [0.29, 0.717) is 33.2 Å². The Bertz CT molecular complexity index is 1710. The molecule has 0 fully saturated rings. The van der Waals surface area contributed by atoms with Gasteiger partial charge in [0, 0.05) is 53.5 Å². The molecule has 10 heteroatoms. The van der Waals surface area contributed by atoms with Gasteiger partial charge in [0.05, 0.1) is 10.6 Å². The Labute approximate surface area is 256 Å². The first-order chi connectivity index (χ1) is 20.2. The van der Waals surface area contributed by atoms with E-state index >= 15 is 0 Å². The minimum Gasteiger partial charge on any atom is -0.355 e. The highest BCUT2D eigenvalue weighted by molar-refractivity contribution is 7.93. The number of nitrogens with zero attached hydrogens (tertiary/aromatic N) is 2. The average Bonchev–Trinajstić information content (AvgIpc) is 3.20. The van der Waals surface area contributed by atoms with Gasteiger partial charge in [-0.3, -0.25) is 13.9 Å². The van der Waals surface area contributed by atoms with Crippen LogP contribution in [0, 0.1) is 0 Å². The molecule has 0 radical (unpaired) electrons. The van der Waals surface area contributed by atoms with Gasteiger partial charge < -0.3 is 10.2 Å². The number of halogens is 2. The van der Waals surface area contributed by atoms with Crippen molar-refractivity contribution in [2.24, 2.45) is 0 Å². The van der Waals surface area contributed by atoms with E-state index in [1.807, 2.05) is 55.5 Å². The van der Waals surface area contributed by atoms with Crippen LogP contribution in [0.3, 0.4) is 0 Å². The van der Waals surface area contributed by atoms with Gasteiger partial charge in [-0.2, -0.15) is 0 Å². The number of rotatable bonds is 11. The van der Waals surface area contributed by atoms with E-state index < -0.39 is 16.1 Å². The molecule has 1 aliphatic heterocycles. The van der Waals surface area contributed by atoms with E-state index in [1.54, 1.807) is 36.4 Å². The summed E-state index contributed by atoms with van der Waals surface area (Å²) in [5.41, 5.74) is 2.05. The molecule has 5 rings (SSSR count). The van der Waals surface area contributed by atoms with E-state index in [4.69, 9.17) is 23.2 Å². The highest BCUT2D eigenvalue weighted by atomic mass is 35.5. The van der Waals surface area contributed by atoms with Gasteiger partial charge in [0.1, 0.15) is 6.04 Å². The Morgan fingerprint density at radius 2 is 1.57 bits per heavy atom. The van der Waals surface area contributed by atoms with E-state index in [-0.39, 0.29) is 49.1 Å². The van der Waals surface area contributed by atoms with Gasteiger partial charge in [-0.1, -0.05) is 83.9 Å². The summed E-state index contributed by atoms with van der Waals surface area (Å²) in [6, 6.07) is 24.5. The summed E-state index contributed by atoms with van der Waals surface area (Å²) in [7, 11) is -3.74. The van der Waals surface area contributed by atoms with Crippen LogP contribution in [0.4, 0.5) is 5.69 Å². The van der Waals surface area contributed by atoms with E-state index in [2.05, 4.69) is 5.32 Å². The summed E-state index contributed by atoms with van der Waals surface area (Å²) in [6.45, 7) is 2.37. The Kier molecular flexibility index (Phi) is 9.06. The molecule has 0 saturated heterocycles. The van der Waals surface area contributed by atoms with Gasteiger partial charge >= 0.3 is 0 Å². The first kappa shape index (κ1) is 29.9. The predicted molar refractivity (Wildman–Crippen MR) is 167 cm³/mol. The molecule has 1 aliphatic rings. The maximum atomic E-state index is 13.9. The maximum absolute atomic E-state index is 13.9. The largest absolute Gasteiger partial charge is 0.355 e. The quantitative estimate of drug-likeness (QED) is 0.215. The van der Waals surface area contributed by atoms with E-state index in [0.717, 1.165) is 10.9 Å². The van der Waals surface area contributed by atoms with Crippen molar-refractivity contribution in [3.63, 3.8) is 0 Å². The first-order valence-electron chi connectivity index (χ1n) is 13.8. The molecule has 0 saturated carbocycles. The van der Waals surface area contributed by atoms with Crippen LogP contribution in [-0.2, 0) is 32.6 Å². The van der Waals surface area contributed by atoms with Crippen molar-refractivity contribution < 1.29 is 18.0 Å². The Balaban J connectivity index is 1.41. The van der Waals surface area contributed by atoms with Crippen molar-refractivity contribution in [2.45, 2.75) is 43.7 Å². The number of sulfonamides is 1. The molecular weight excluding hydrogens is 593 g/mol. The minimum absolute atomic E-state index is 0.0190. The third-order valence-electron chi connectivity index (χ3n) is 7.45. The number of hydrogen-bond acceptors (Lipinski definition) is 4. The maximum Gasteiger partial charge on any atom is 0.265 e. The number of benzene rings is 4. The van der Waals surface area contributed by atoms with Crippen molar-refractivity contribution in [1.82, 2.24) is 10.2 Å². The summed E-state index contributed by atoms with van der Waals surface area (Å²) >= 11 is 13.0. The number of carbonyl (C=O) groups is 2. The number of amides is 2. The lowest BCUT2D eigenvalue weighted by Crippen LogP contribution is -2.50. The lowest BCUT2D eigenvalue weighted by molar-refractivity contribution is -0.141. The molecule has 0 unspecified atom stereocenters. The first-order valence-corrected chi connectivity index (χ1v) is 16.0. The number of hydrogen-bond donors (Lipinski definition) is 1. The third kappa shape index (κ3) is 5.98. The molecule has 42 heavy (non-hydrogen) atoms. The van der Waals surface area contributed by atoms with Crippen molar-refractivity contribution in [3.8, 4) is 0 Å². The zero-order valence-corrected chi connectivity index (χ0v) is 25.4. The summed E-state index contributed by atoms with van der Waals surface area (Å²) in [6.07, 6.45) is 0.562. The van der Waals surface area contributed by atoms with Crippen molar-refractivity contribution >= 4 is 61.5 Å². The van der Waals surface area contributed by atoms with Crippen LogP contribution in [0.2, 0.25) is 10.0 Å². The van der Waals surface area contributed by atoms with Crippen LogP contribution < -0.4 is 9.62 Å². The highest BCUT2D eigenvalue weighted by Gasteiger charge is 2.36. The third-order valence-corrected chi connectivity index (χ3v) is 10.0. The van der Waals surface area contributed by atoms with Gasteiger partial charge in [-0.15, -0.1) is 0 Å². The highest BCUT2D eigenvalue weighted by Crippen LogP contribution is 2.42. The molecule has 4 aromatic rings. The molecule has 0 aliphatic carbocycles. The van der Waals surface area contributed by atoms with Crippen LogP contribution in [0.5, 0.6) is 0 Å². The van der Waals surface area contributed by atoms with Crippen molar-refractivity contribution in [3.05, 3.63) is 106 Å². The molecule has 2 amide bonds. The number of nitrogens with one attached hydrogen (secondary N) is 1. The monoisotopic (exact) mass is 623 g/mol. The van der Waals surface area contributed by atoms with Gasteiger partial charge in [-0.25, -0.2) is 8.42 Å². The lowest BCUT2D eigenvalue weighted by atomic mass is 10.0. The van der Waals surface area contributed by atoms with Crippen LogP contribution in [0.1, 0.15) is 30.9 Å². The molecule has 1 atom stereocenters. The normalized spacial score (nSPS) is 14.1. The van der Waals surface area contributed by atoms with Crippen molar-refractivity contribution in [1.29, 1.82) is 0 Å². The second-order valence-electron chi connectivity index (χ2n) is 10.1. The molecular formula is C32H31Cl2N3O4S. The molecule has 0 bridgehead atoms. The topological polar surface area (TPSA) is 86.8 Å². The molecule has 218 valence electrons. The Hall–Kier alpha value is -3.59. The van der Waals surface area contributed by atoms with Gasteiger partial charge in [0.25, 0.3) is 10.0 Å². The average molecular weight is 625 g/mol. The number of anilines is 1. The van der Waals surface area contributed by atoms with Crippen molar-refractivity contribution in [2.75, 3.05) is 17.4 Å². The zero-order valence-electron chi connectivity index (χ0n) is 23.1. The smallest absolute Gasteiger partial charge is 0.265 e. The van der Waals surface area contributed by atoms with Crippen LogP contribution in [0.25, 0.3) is 10.8 Å². The minimum atomic E-state index is -3.74. The zero-order chi connectivity index (χ0) is 29.9. The standard InChI is InChI=1S/C32H31Cl2N3O4S/c1-2-35-32(39)28(20-22-10-4-3-5-11-22)36(21-24-25(33)14-8-15-26(24)34)30(38)18-9-19-37-27-16-6-12-23-13-7-17-29(31(23)27)42(37,40)41/h3-8,10-17,28H,2,9,18-21H2,1H3,(H,35,39)/t28-/m1/s1. The van der Waals surface area contributed by atoms with Crippen LogP contribution in [-0.4, -0.2) is 44.3 Å². The van der Waals surface area contributed by atoms with E-state index in [1.165, 1.54) is 9.21 Å². The molecule has 1 N–H and O–H groups in total. The molecule has 1 heterocycles. The Morgan fingerprint density at radius 1 is 0.905 bits per heavy atom. The Morgan fingerprint density at radius 3 is 2.26 bits per heavy atom. The van der Waals surface area contributed by atoms with Gasteiger partial charge in [0.15, 0.2) is 0 Å². The number of likely N-dealkylation sites (N-methyl/N-ethyl adjacent to an activating group) is 1. The fraction of sp³-hybridized carbons (Fsp3) is 0.250. The van der Waals surface area contributed by atoms with Gasteiger partial charge in [0.2, 0.25) is 11.8 Å². The number of carbonyl (C=O) groups excluding carboxylic acids is 2. The van der Waals surface area contributed by atoms with Crippen LogP contribution >= 0.6 is 23.2 Å². The summed E-state index contributed by atoms with van der Waals surface area (Å²) < 4.78 is 28.2. The fourth-order valence-electron chi connectivity index (χ4n) is 5.42. The second-order valence-corrected chi connectivity index (χ2v) is 12.8. The summed E-state index contributed by atoms with van der Waals surface area (Å²) in [5, 5.41) is 5.19. The fourth-order valence-corrected chi connectivity index (χ4v) is 7.68. The van der Waals surface area contributed by atoms with Crippen LogP contribution in [0.15, 0.2) is 89.8 Å². The summed E-state index contributed by atoms with van der Waals surface area (Å²) in [5.74, 6) is -0.590. The second kappa shape index (κ2) is 12.7. The molecule has 7 nitrogen and oxygen atoms in total.